The molecule has 110 valence electrons. The van der Waals surface area contributed by atoms with E-state index in [-0.39, 0.29) is 5.84 Å². The lowest BCUT2D eigenvalue weighted by Crippen LogP contribution is -2.19. The van der Waals surface area contributed by atoms with Crippen molar-refractivity contribution >= 4 is 5.84 Å². The molecule has 1 aromatic rings. The van der Waals surface area contributed by atoms with E-state index in [9.17, 15) is 0 Å². The van der Waals surface area contributed by atoms with Crippen molar-refractivity contribution < 1.29 is 14.7 Å². The Morgan fingerprint density at radius 2 is 2.20 bits per heavy atom. The molecular weight excluding hydrogens is 258 g/mol. The van der Waals surface area contributed by atoms with Crippen LogP contribution in [-0.2, 0) is 17.6 Å². The number of aromatic nitrogens is 1. The molecule has 6 heteroatoms. The number of pyridine rings is 1. The number of hydrogen-bond acceptors (Lipinski definition) is 5. The maximum Gasteiger partial charge on any atom is 0.224 e. The van der Waals surface area contributed by atoms with E-state index in [0.29, 0.717) is 24.7 Å². The van der Waals surface area contributed by atoms with Gasteiger partial charge in [-0.2, -0.15) is 0 Å². The molecule has 0 spiro atoms. The second-order valence-electron chi connectivity index (χ2n) is 4.83. The van der Waals surface area contributed by atoms with E-state index in [1.807, 2.05) is 6.07 Å². The van der Waals surface area contributed by atoms with Gasteiger partial charge >= 0.3 is 0 Å². The SMILES string of the molecule is COCCCOc1nc2c(cc1C(N)=NO)CCCC2. The lowest BCUT2D eigenvalue weighted by Gasteiger charge is -2.18. The lowest BCUT2D eigenvalue weighted by molar-refractivity contribution is 0.170. The molecule has 0 fully saturated rings. The van der Waals surface area contributed by atoms with E-state index in [1.54, 1.807) is 7.11 Å². The van der Waals surface area contributed by atoms with Crippen molar-refractivity contribution in [2.24, 2.45) is 10.9 Å². The zero-order valence-corrected chi connectivity index (χ0v) is 11.8. The molecule has 0 atom stereocenters. The van der Waals surface area contributed by atoms with Gasteiger partial charge in [-0.3, -0.25) is 0 Å². The molecular formula is C14H21N3O3. The molecule has 20 heavy (non-hydrogen) atoms. The van der Waals surface area contributed by atoms with Gasteiger partial charge in [0.15, 0.2) is 5.84 Å². The van der Waals surface area contributed by atoms with Crippen LogP contribution in [0.3, 0.4) is 0 Å². The smallest absolute Gasteiger partial charge is 0.224 e. The highest BCUT2D eigenvalue weighted by Gasteiger charge is 2.18. The molecule has 0 bridgehead atoms. The van der Waals surface area contributed by atoms with Crippen molar-refractivity contribution in [1.82, 2.24) is 4.98 Å². The summed E-state index contributed by atoms with van der Waals surface area (Å²) in [6.45, 7) is 1.12. The zero-order chi connectivity index (χ0) is 14.4. The summed E-state index contributed by atoms with van der Waals surface area (Å²) in [5.41, 5.74) is 8.51. The molecule has 0 aromatic carbocycles. The first-order valence-electron chi connectivity index (χ1n) is 6.88. The van der Waals surface area contributed by atoms with Crippen LogP contribution in [0.4, 0.5) is 0 Å². The summed E-state index contributed by atoms with van der Waals surface area (Å²) >= 11 is 0. The van der Waals surface area contributed by atoms with Crippen molar-refractivity contribution in [3.05, 3.63) is 22.9 Å². The van der Waals surface area contributed by atoms with Gasteiger partial charge in [-0.25, -0.2) is 4.98 Å². The van der Waals surface area contributed by atoms with Crippen LogP contribution < -0.4 is 10.5 Å². The van der Waals surface area contributed by atoms with Crippen LogP contribution in [0.15, 0.2) is 11.2 Å². The number of oxime groups is 1. The summed E-state index contributed by atoms with van der Waals surface area (Å²) in [5.74, 6) is 0.477. The van der Waals surface area contributed by atoms with E-state index < -0.39 is 0 Å². The molecule has 6 nitrogen and oxygen atoms in total. The Morgan fingerprint density at radius 1 is 1.40 bits per heavy atom. The van der Waals surface area contributed by atoms with Gasteiger partial charge in [0.25, 0.3) is 0 Å². The van der Waals surface area contributed by atoms with E-state index >= 15 is 0 Å². The van der Waals surface area contributed by atoms with Gasteiger partial charge in [0.1, 0.15) is 0 Å². The predicted molar refractivity (Wildman–Crippen MR) is 75.4 cm³/mol. The molecule has 0 saturated heterocycles. The molecule has 2 rings (SSSR count). The number of rotatable bonds is 6. The largest absolute Gasteiger partial charge is 0.477 e. The number of nitrogens with two attached hydrogens (primary N) is 1. The van der Waals surface area contributed by atoms with E-state index in [4.69, 9.17) is 20.4 Å². The van der Waals surface area contributed by atoms with Crippen molar-refractivity contribution in [1.29, 1.82) is 0 Å². The van der Waals surface area contributed by atoms with Gasteiger partial charge in [0.2, 0.25) is 5.88 Å². The normalized spacial score (nSPS) is 14.9. The maximum absolute atomic E-state index is 8.89. The molecule has 0 unspecified atom stereocenters. The Hall–Kier alpha value is -1.82. The summed E-state index contributed by atoms with van der Waals surface area (Å²) in [6, 6.07) is 1.93. The number of ether oxygens (including phenoxy) is 2. The average Bonchev–Trinajstić information content (AvgIpc) is 2.50. The molecule has 0 aliphatic heterocycles. The predicted octanol–water partition coefficient (Wildman–Crippen LogP) is 1.47. The Kier molecular flexibility index (Phi) is 5.17. The molecule has 1 aliphatic rings. The van der Waals surface area contributed by atoms with Crippen molar-refractivity contribution in [3.63, 3.8) is 0 Å². The fourth-order valence-corrected chi connectivity index (χ4v) is 2.33. The average molecular weight is 279 g/mol. The van der Waals surface area contributed by atoms with Crippen LogP contribution in [0.1, 0.15) is 36.1 Å². The number of amidine groups is 1. The van der Waals surface area contributed by atoms with Crippen LogP contribution >= 0.6 is 0 Å². The fourth-order valence-electron chi connectivity index (χ4n) is 2.33. The third-order valence-corrected chi connectivity index (χ3v) is 3.38. The Balaban J connectivity index is 2.22. The summed E-state index contributed by atoms with van der Waals surface area (Å²) in [7, 11) is 1.65. The first-order valence-corrected chi connectivity index (χ1v) is 6.88. The van der Waals surface area contributed by atoms with Gasteiger partial charge < -0.3 is 20.4 Å². The van der Waals surface area contributed by atoms with Crippen LogP contribution in [0, 0.1) is 0 Å². The Bertz CT molecular complexity index is 489. The molecule has 1 aliphatic carbocycles. The third kappa shape index (κ3) is 3.39. The monoisotopic (exact) mass is 279 g/mol. The quantitative estimate of drug-likeness (QED) is 0.270. The van der Waals surface area contributed by atoms with E-state index in [0.717, 1.165) is 37.8 Å². The highest BCUT2D eigenvalue weighted by Crippen LogP contribution is 2.26. The summed E-state index contributed by atoms with van der Waals surface area (Å²) < 4.78 is 10.6. The molecule has 1 heterocycles. The third-order valence-electron chi connectivity index (χ3n) is 3.38. The van der Waals surface area contributed by atoms with Crippen molar-refractivity contribution in [2.45, 2.75) is 32.1 Å². The van der Waals surface area contributed by atoms with Crippen LogP contribution in [0.25, 0.3) is 0 Å². The molecule has 0 saturated carbocycles. The van der Waals surface area contributed by atoms with Crippen LogP contribution in [0.5, 0.6) is 5.88 Å². The van der Waals surface area contributed by atoms with E-state index in [2.05, 4.69) is 10.1 Å². The molecule has 1 aromatic heterocycles. The second-order valence-corrected chi connectivity index (χ2v) is 4.83. The second kappa shape index (κ2) is 7.09. The zero-order valence-electron chi connectivity index (χ0n) is 11.8. The topological polar surface area (TPSA) is 90.0 Å². The standard InChI is InChI=1S/C14H21N3O3/c1-19-7-4-8-20-14-11(13(15)17-18)9-10-5-2-3-6-12(10)16-14/h9,18H,2-8H2,1H3,(H2,15,17). The lowest BCUT2D eigenvalue weighted by atomic mass is 9.95. The van der Waals surface area contributed by atoms with Gasteiger partial charge in [-0.1, -0.05) is 5.16 Å². The van der Waals surface area contributed by atoms with Crippen LogP contribution in [0.2, 0.25) is 0 Å². The van der Waals surface area contributed by atoms with Crippen molar-refractivity contribution in [2.75, 3.05) is 20.3 Å². The van der Waals surface area contributed by atoms with Gasteiger partial charge in [-0.05, 0) is 37.3 Å². The highest BCUT2D eigenvalue weighted by atomic mass is 16.5. The molecule has 0 radical (unpaired) electrons. The first-order chi connectivity index (χ1) is 9.76. The van der Waals surface area contributed by atoms with Gasteiger partial charge in [0, 0.05) is 25.8 Å². The Labute approximate surface area is 118 Å². The minimum atomic E-state index is 0.0348. The first kappa shape index (κ1) is 14.6. The number of hydrogen-bond donors (Lipinski definition) is 2. The van der Waals surface area contributed by atoms with Gasteiger partial charge in [0.05, 0.1) is 12.2 Å². The van der Waals surface area contributed by atoms with Gasteiger partial charge in [-0.15, -0.1) is 0 Å². The minimum absolute atomic E-state index is 0.0348. The fraction of sp³-hybridized carbons (Fsp3) is 0.571. The minimum Gasteiger partial charge on any atom is -0.477 e. The maximum atomic E-state index is 8.89. The summed E-state index contributed by atoms with van der Waals surface area (Å²) in [5, 5.41) is 11.9. The summed E-state index contributed by atoms with van der Waals surface area (Å²) in [6.07, 6.45) is 5.01. The number of aryl methyl sites for hydroxylation is 2. The van der Waals surface area contributed by atoms with Crippen molar-refractivity contribution in [3.8, 4) is 5.88 Å². The van der Waals surface area contributed by atoms with Crippen LogP contribution in [-0.4, -0.2) is 36.4 Å². The van der Waals surface area contributed by atoms with E-state index in [1.165, 1.54) is 5.56 Å². The number of methoxy groups -OCH3 is 1. The highest BCUT2D eigenvalue weighted by molar-refractivity contribution is 5.99. The summed E-state index contributed by atoms with van der Waals surface area (Å²) in [4.78, 5) is 4.54. The Morgan fingerprint density at radius 3 is 2.95 bits per heavy atom. The molecule has 0 amide bonds. The number of fused-ring (bicyclic) bond motifs is 1. The number of nitrogens with zero attached hydrogens (tertiary/aromatic N) is 2. The molecule has 3 N–H and O–H groups in total.